The van der Waals surface area contributed by atoms with Gasteiger partial charge in [-0.05, 0) is 19.4 Å². The molecule has 3 heterocycles. The van der Waals surface area contributed by atoms with Gasteiger partial charge in [0.2, 0.25) is 5.91 Å². The number of rotatable bonds is 3. The molecule has 2 bridgehead atoms. The monoisotopic (exact) mass is 266 g/mol. The molecule has 0 saturated carbocycles. The number of nitrogens with zero attached hydrogens (tertiary/aromatic N) is 2. The minimum absolute atomic E-state index is 0.00613. The van der Waals surface area contributed by atoms with E-state index in [1.807, 2.05) is 4.90 Å². The first-order valence-electron chi connectivity index (χ1n) is 7.36. The van der Waals surface area contributed by atoms with Crippen LogP contribution in [0.2, 0.25) is 0 Å². The van der Waals surface area contributed by atoms with Gasteiger partial charge in [-0.25, -0.2) is 0 Å². The number of likely N-dealkylation sites (N-methyl/N-ethyl adjacent to an activating group) is 1. The van der Waals surface area contributed by atoms with Crippen molar-refractivity contribution >= 4 is 12.2 Å². The molecule has 19 heavy (non-hydrogen) atoms. The Morgan fingerprint density at radius 2 is 1.89 bits per heavy atom. The average molecular weight is 266 g/mol. The van der Waals surface area contributed by atoms with Crippen LogP contribution in [0.5, 0.6) is 0 Å². The van der Waals surface area contributed by atoms with Gasteiger partial charge in [0.05, 0.1) is 24.0 Å². The fourth-order valence-corrected chi connectivity index (χ4v) is 3.71. The van der Waals surface area contributed by atoms with Crippen molar-refractivity contribution in [1.82, 2.24) is 9.80 Å². The fraction of sp³-hybridized carbons (Fsp3) is 0.857. The normalized spacial score (nSPS) is 38.7. The summed E-state index contributed by atoms with van der Waals surface area (Å²) in [5, 5.41) is 0. The number of hydrogen-bond donors (Lipinski definition) is 0. The maximum Gasteiger partial charge on any atom is 0.229 e. The smallest absolute Gasteiger partial charge is 0.229 e. The van der Waals surface area contributed by atoms with E-state index >= 15 is 0 Å². The first-order valence-corrected chi connectivity index (χ1v) is 7.36. The van der Waals surface area contributed by atoms with Crippen LogP contribution >= 0.6 is 0 Å². The van der Waals surface area contributed by atoms with E-state index in [9.17, 15) is 9.59 Å². The average Bonchev–Trinajstić information content (AvgIpc) is 3.06. The molecule has 0 N–H and O–H groups in total. The maximum atomic E-state index is 12.6. The first-order chi connectivity index (χ1) is 9.24. The highest BCUT2D eigenvalue weighted by Gasteiger charge is 2.53. The standard InChI is InChI=1S/C14H22N2O3/c1-2-15-5-7-16(8-6-15)14(18)13-10(9-17)11-3-4-12(13)19-11/h9-13H,2-8H2,1H3. The molecule has 0 aromatic rings. The fourth-order valence-electron chi connectivity index (χ4n) is 3.71. The summed E-state index contributed by atoms with van der Waals surface area (Å²) >= 11 is 0. The molecule has 3 fully saturated rings. The Kier molecular flexibility index (Phi) is 3.58. The highest BCUT2D eigenvalue weighted by atomic mass is 16.5. The molecular weight excluding hydrogens is 244 g/mol. The summed E-state index contributed by atoms with van der Waals surface area (Å²) < 4.78 is 5.75. The number of carbonyl (C=O) groups is 2. The summed E-state index contributed by atoms with van der Waals surface area (Å²) in [6.07, 6.45) is 2.78. The number of aldehydes is 1. The van der Waals surface area contributed by atoms with E-state index in [0.29, 0.717) is 0 Å². The molecule has 0 aliphatic carbocycles. The maximum absolute atomic E-state index is 12.6. The van der Waals surface area contributed by atoms with Crippen LogP contribution in [0.4, 0.5) is 0 Å². The van der Waals surface area contributed by atoms with E-state index in [1.54, 1.807) is 0 Å². The number of carbonyl (C=O) groups excluding carboxylic acids is 2. The third kappa shape index (κ3) is 2.19. The zero-order chi connectivity index (χ0) is 13.4. The first kappa shape index (κ1) is 13.1. The third-order valence-electron chi connectivity index (χ3n) is 4.90. The van der Waals surface area contributed by atoms with E-state index in [0.717, 1.165) is 51.9 Å². The minimum Gasteiger partial charge on any atom is -0.373 e. The van der Waals surface area contributed by atoms with Gasteiger partial charge in [0.25, 0.3) is 0 Å². The largest absolute Gasteiger partial charge is 0.373 e. The lowest BCUT2D eigenvalue weighted by atomic mass is 9.79. The van der Waals surface area contributed by atoms with Gasteiger partial charge in [-0.1, -0.05) is 6.92 Å². The quantitative estimate of drug-likeness (QED) is 0.682. The predicted molar refractivity (Wildman–Crippen MR) is 69.6 cm³/mol. The Bertz CT molecular complexity index is 366. The molecule has 106 valence electrons. The second-order valence-corrected chi connectivity index (χ2v) is 5.79. The number of fused-ring (bicyclic) bond motifs is 2. The van der Waals surface area contributed by atoms with E-state index in [1.165, 1.54) is 0 Å². The van der Waals surface area contributed by atoms with Crippen molar-refractivity contribution in [3.8, 4) is 0 Å². The van der Waals surface area contributed by atoms with Gasteiger partial charge >= 0.3 is 0 Å². The van der Waals surface area contributed by atoms with Gasteiger partial charge in [0, 0.05) is 26.2 Å². The Hall–Kier alpha value is -0.940. The summed E-state index contributed by atoms with van der Waals surface area (Å²) in [6, 6.07) is 0. The van der Waals surface area contributed by atoms with Gasteiger partial charge in [0.1, 0.15) is 6.29 Å². The Morgan fingerprint density at radius 1 is 1.21 bits per heavy atom. The second-order valence-electron chi connectivity index (χ2n) is 5.79. The van der Waals surface area contributed by atoms with Crippen LogP contribution < -0.4 is 0 Å². The highest BCUT2D eigenvalue weighted by Crippen LogP contribution is 2.43. The van der Waals surface area contributed by atoms with Crippen molar-refractivity contribution in [3.63, 3.8) is 0 Å². The molecule has 3 aliphatic rings. The Labute approximate surface area is 113 Å². The lowest BCUT2D eigenvalue weighted by Crippen LogP contribution is -2.52. The van der Waals surface area contributed by atoms with Crippen molar-refractivity contribution in [3.05, 3.63) is 0 Å². The molecule has 1 amide bonds. The molecule has 0 aromatic carbocycles. The van der Waals surface area contributed by atoms with Crippen LogP contribution in [0.25, 0.3) is 0 Å². The number of ether oxygens (including phenoxy) is 1. The number of hydrogen-bond acceptors (Lipinski definition) is 4. The topological polar surface area (TPSA) is 49.9 Å². The molecule has 5 heteroatoms. The summed E-state index contributed by atoms with van der Waals surface area (Å²) in [6.45, 7) is 6.63. The van der Waals surface area contributed by atoms with Crippen molar-refractivity contribution in [2.45, 2.75) is 32.0 Å². The second kappa shape index (κ2) is 5.21. The van der Waals surface area contributed by atoms with Crippen LogP contribution in [0.3, 0.4) is 0 Å². The molecule has 3 aliphatic heterocycles. The lowest BCUT2D eigenvalue weighted by molar-refractivity contribution is -0.141. The number of piperazine rings is 1. The molecule has 3 saturated heterocycles. The van der Waals surface area contributed by atoms with E-state index < -0.39 is 0 Å². The zero-order valence-corrected chi connectivity index (χ0v) is 11.5. The zero-order valence-electron chi connectivity index (χ0n) is 11.5. The molecule has 3 rings (SSSR count). The SMILES string of the molecule is CCN1CCN(C(=O)C2C3CCC(O3)C2C=O)CC1. The molecular formula is C14H22N2O3. The summed E-state index contributed by atoms with van der Waals surface area (Å²) in [4.78, 5) is 28.1. The van der Waals surface area contributed by atoms with Crippen molar-refractivity contribution < 1.29 is 14.3 Å². The van der Waals surface area contributed by atoms with Gasteiger partial charge in [-0.3, -0.25) is 4.79 Å². The van der Waals surface area contributed by atoms with Crippen LogP contribution in [-0.4, -0.2) is 66.9 Å². The highest BCUT2D eigenvalue weighted by molar-refractivity contribution is 5.83. The number of amides is 1. The lowest BCUT2D eigenvalue weighted by Gasteiger charge is -2.37. The van der Waals surface area contributed by atoms with Gasteiger partial charge in [0.15, 0.2) is 0 Å². The van der Waals surface area contributed by atoms with Crippen LogP contribution in [-0.2, 0) is 14.3 Å². The summed E-state index contributed by atoms with van der Waals surface area (Å²) in [7, 11) is 0. The summed E-state index contributed by atoms with van der Waals surface area (Å²) in [5.74, 6) is -0.292. The van der Waals surface area contributed by atoms with Crippen molar-refractivity contribution in [1.29, 1.82) is 0 Å². The van der Waals surface area contributed by atoms with Crippen LogP contribution in [0.15, 0.2) is 0 Å². The van der Waals surface area contributed by atoms with Crippen molar-refractivity contribution in [2.75, 3.05) is 32.7 Å². The van der Waals surface area contributed by atoms with E-state index in [-0.39, 0.29) is 30.0 Å². The Balaban J connectivity index is 1.65. The van der Waals surface area contributed by atoms with E-state index in [2.05, 4.69) is 11.8 Å². The summed E-state index contributed by atoms with van der Waals surface area (Å²) in [5.41, 5.74) is 0. The van der Waals surface area contributed by atoms with E-state index in [4.69, 9.17) is 4.74 Å². The molecule has 4 atom stereocenters. The van der Waals surface area contributed by atoms with Gasteiger partial charge in [-0.2, -0.15) is 0 Å². The minimum atomic E-state index is -0.218. The molecule has 0 spiro atoms. The third-order valence-corrected chi connectivity index (χ3v) is 4.90. The van der Waals surface area contributed by atoms with Gasteiger partial charge < -0.3 is 19.3 Å². The van der Waals surface area contributed by atoms with Crippen molar-refractivity contribution in [2.24, 2.45) is 11.8 Å². The molecule has 0 radical (unpaired) electrons. The van der Waals surface area contributed by atoms with Crippen LogP contribution in [0.1, 0.15) is 19.8 Å². The predicted octanol–water partition coefficient (Wildman–Crippen LogP) is 0.143. The molecule has 4 unspecified atom stereocenters. The molecule has 0 aromatic heterocycles. The van der Waals surface area contributed by atoms with Gasteiger partial charge in [-0.15, -0.1) is 0 Å². The van der Waals surface area contributed by atoms with Crippen LogP contribution in [0, 0.1) is 11.8 Å². The Morgan fingerprint density at radius 3 is 2.53 bits per heavy atom. The molecule has 5 nitrogen and oxygen atoms in total.